The number of thiophene rings is 1. The number of nitro groups is 1. The van der Waals surface area contributed by atoms with Crippen LogP contribution in [0.4, 0.5) is 5.88 Å². The number of aromatic nitrogens is 1. The van der Waals surface area contributed by atoms with Crippen LogP contribution in [-0.2, 0) is 0 Å². The normalized spacial score (nSPS) is 16.4. The van der Waals surface area contributed by atoms with Crippen molar-refractivity contribution in [2.24, 2.45) is 10.1 Å². The lowest BCUT2D eigenvalue weighted by molar-refractivity contribution is -0.402. The average molecular weight is 403 g/mol. The Morgan fingerprint density at radius 2 is 2.07 bits per heavy atom. The van der Waals surface area contributed by atoms with Gasteiger partial charge in [0.2, 0.25) is 4.80 Å². The first-order chi connectivity index (χ1) is 13.2. The summed E-state index contributed by atoms with van der Waals surface area (Å²) < 4.78 is 6.98. The number of rotatable bonds is 5. The van der Waals surface area contributed by atoms with Gasteiger partial charge in [-0.15, -0.1) is 22.7 Å². The Balaban J connectivity index is 1.71. The van der Waals surface area contributed by atoms with Crippen molar-refractivity contribution < 1.29 is 9.34 Å². The number of nitrogens with zero attached hydrogens (tertiary/aromatic N) is 4. The first-order valence-corrected chi connectivity index (χ1v) is 10.5. The van der Waals surface area contributed by atoms with Crippen LogP contribution in [0.2, 0.25) is 0 Å². The van der Waals surface area contributed by atoms with Crippen LogP contribution in [0.15, 0.2) is 49.5 Å². The first kappa shape index (κ1) is 17.9. The molecule has 3 heterocycles. The van der Waals surface area contributed by atoms with Gasteiger partial charge in [-0.25, -0.2) is 4.68 Å². The summed E-state index contributed by atoms with van der Waals surface area (Å²) in [7, 11) is 0. The lowest BCUT2D eigenvalue weighted by Crippen LogP contribution is -2.18. The van der Waals surface area contributed by atoms with Gasteiger partial charge in [-0.05, 0) is 30.4 Å². The maximum Gasteiger partial charge on any atom is 0.433 e. The Hall–Kier alpha value is -2.52. The molecule has 3 aromatic heterocycles. The fourth-order valence-electron chi connectivity index (χ4n) is 3.09. The van der Waals surface area contributed by atoms with Gasteiger partial charge in [0, 0.05) is 5.38 Å². The lowest BCUT2D eigenvalue weighted by atomic mass is 9.96. The van der Waals surface area contributed by atoms with Gasteiger partial charge >= 0.3 is 5.88 Å². The summed E-state index contributed by atoms with van der Waals surface area (Å²) >= 11 is 3.20. The van der Waals surface area contributed by atoms with Crippen molar-refractivity contribution in [2.45, 2.75) is 38.1 Å². The minimum Gasteiger partial charge on any atom is -0.400 e. The molecule has 1 saturated carbocycles. The molecule has 7 nitrogen and oxygen atoms in total. The van der Waals surface area contributed by atoms with Gasteiger partial charge in [-0.2, -0.15) is 5.10 Å². The minimum atomic E-state index is -0.560. The molecule has 0 spiro atoms. The second kappa shape index (κ2) is 8.01. The molecule has 0 aliphatic heterocycles. The minimum absolute atomic E-state index is 0.294. The smallest absolute Gasteiger partial charge is 0.400 e. The highest BCUT2D eigenvalue weighted by Gasteiger charge is 2.15. The molecule has 0 N–H and O–H groups in total. The first-order valence-electron chi connectivity index (χ1n) is 8.77. The number of thiazole rings is 1. The largest absolute Gasteiger partial charge is 0.433 e. The summed E-state index contributed by atoms with van der Waals surface area (Å²) in [5.41, 5.74) is 0.960. The topological polar surface area (TPSA) is 85.9 Å². The van der Waals surface area contributed by atoms with Gasteiger partial charge in [0.25, 0.3) is 0 Å². The Bertz CT molecular complexity index is 1010. The molecule has 4 rings (SSSR count). The maximum atomic E-state index is 10.8. The van der Waals surface area contributed by atoms with Crippen molar-refractivity contribution in [1.82, 2.24) is 4.68 Å². The molecule has 0 amide bonds. The molecule has 140 valence electrons. The van der Waals surface area contributed by atoms with Crippen molar-refractivity contribution in [3.05, 3.63) is 55.7 Å². The molecule has 0 unspecified atom stereocenters. The molecule has 1 aliphatic rings. The van der Waals surface area contributed by atoms with E-state index in [1.165, 1.54) is 37.6 Å². The van der Waals surface area contributed by atoms with Crippen LogP contribution in [0.1, 0.15) is 37.9 Å². The monoisotopic (exact) mass is 402 g/mol. The van der Waals surface area contributed by atoms with Crippen LogP contribution in [0, 0.1) is 10.1 Å². The van der Waals surface area contributed by atoms with Crippen LogP contribution in [-0.4, -0.2) is 21.9 Å². The van der Waals surface area contributed by atoms with Crippen molar-refractivity contribution in [1.29, 1.82) is 0 Å². The van der Waals surface area contributed by atoms with E-state index in [1.54, 1.807) is 27.3 Å². The molecule has 27 heavy (non-hydrogen) atoms. The molecule has 0 bridgehead atoms. The summed E-state index contributed by atoms with van der Waals surface area (Å²) in [6, 6.07) is 7.24. The summed E-state index contributed by atoms with van der Waals surface area (Å²) in [6.45, 7) is 0. The third-order valence-corrected chi connectivity index (χ3v) is 6.14. The zero-order valence-corrected chi connectivity index (χ0v) is 16.1. The van der Waals surface area contributed by atoms with Crippen LogP contribution in [0.25, 0.3) is 10.6 Å². The molecule has 9 heteroatoms. The summed E-state index contributed by atoms with van der Waals surface area (Å²) in [5.74, 6) is 0.0403. The number of hydrogen-bond acceptors (Lipinski definition) is 7. The van der Waals surface area contributed by atoms with E-state index in [4.69, 9.17) is 9.41 Å². The van der Waals surface area contributed by atoms with E-state index in [1.807, 2.05) is 17.5 Å². The van der Waals surface area contributed by atoms with Gasteiger partial charge in [-0.1, -0.05) is 25.3 Å². The molecule has 0 atom stereocenters. The Morgan fingerprint density at radius 1 is 1.22 bits per heavy atom. The van der Waals surface area contributed by atoms with E-state index in [9.17, 15) is 10.1 Å². The predicted octanol–water partition coefficient (Wildman–Crippen LogP) is 4.89. The Kier molecular flexibility index (Phi) is 5.30. The van der Waals surface area contributed by atoms with Crippen molar-refractivity contribution in [2.75, 3.05) is 0 Å². The second-order valence-electron chi connectivity index (χ2n) is 6.29. The Labute approximate surface area is 163 Å². The molecule has 1 fully saturated rings. The average Bonchev–Trinajstić information content (AvgIpc) is 3.42. The molecular weight excluding hydrogens is 384 g/mol. The van der Waals surface area contributed by atoms with Gasteiger partial charge < -0.3 is 4.42 Å². The van der Waals surface area contributed by atoms with E-state index in [2.05, 4.69) is 10.5 Å². The fourth-order valence-corrected chi connectivity index (χ4v) is 4.79. The third-order valence-electron chi connectivity index (χ3n) is 4.42. The zero-order chi connectivity index (χ0) is 18.6. The van der Waals surface area contributed by atoms with E-state index >= 15 is 0 Å². The van der Waals surface area contributed by atoms with Gasteiger partial charge in [0.1, 0.15) is 4.92 Å². The SMILES string of the molecule is O=[N+]([O-])c1ccc(C=Nn2c(-c3cccs3)csc2=NC2CCCCC2)o1. The standard InChI is InChI=1S/C18H18N4O3S2/c23-22(24)17-9-8-14(25-17)11-19-21-15(16-7-4-10-26-16)12-27-18(21)20-13-5-2-1-3-6-13/h4,7-13H,1-3,5-6H2. The lowest BCUT2D eigenvalue weighted by Gasteiger charge is -2.16. The number of hydrogen-bond donors (Lipinski definition) is 0. The van der Waals surface area contributed by atoms with Crippen LogP contribution in [0.5, 0.6) is 0 Å². The molecular formula is C18H18N4O3S2. The molecule has 0 aromatic carbocycles. The summed E-state index contributed by atoms with van der Waals surface area (Å²) in [4.78, 5) is 17.1. The van der Waals surface area contributed by atoms with E-state index in [-0.39, 0.29) is 5.88 Å². The van der Waals surface area contributed by atoms with Gasteiger partial charge in [0.05, 0.1) is 28.9 Å². The fraction of sp³-hybridized carbons (Fsp3) is 0.333. The molecule has 3 aromatic rings. The predicted molar refractivity (Wildman–Crippen MR) is 106 cm³/mol. The number of furan rings is 1. The third kappa shape index (κ3) is 4.09. The second-order valence-corrected chi connectivity index (χ2v) is 8.08. The highest BCUT2D eigenvalue weighted by Crippen LogP contribution is 2.26. The van der Waals surface area contributed by atoms with E-state index in [0.717, 1.165) is 28.2 Å². The van der Waals surface area contributed by atoms with Crippen molar-refractivity contribution in [3.8, 4) is 10.6 Å². The van der Waals surface area contributed by atoms with Gasteiger partial charge in [0.15, 0.2) is 5.76 Å². The van der Waals surface area contributed by atoms with E-state index in [0.29, 0.717) is 11.8 Å². The quantitative estimate of drug-likeness (QED) is 0.346. The van der Waals surface area contributed by atoms with Crippen molar-refractivity contribution in [3.63, 3.8) is 0 Å². The molecule has 1 aliphatic carbocycles. The highest BCUT2D eigenvalue weighted by molar-refractivity contribution is 7.14. The van der Waals surface area contributed by atoms with Crippen LogP contribution in [0.3, 0.4) is 0 Å². The van der Waals surface area contributed by atoms with Crippen LogP contribution < -0.4 is 4.80 Å². The van der Waals surface area contributed by atoms with Crippen LogP contribution >= 0.6 is 22.7 Å². The van der Waals surface area contributed by atoms with Gasteiger partial charge in [-0.3, -0.25) is 15.1 Å². The zero-order valence-electron chi connectivity index (χ0n) is 14.5. The molecule has 0 saturated heterocycles. The Morgan fingerprint density at radius 3 is 2.78 bits per heavy atom. The molecule has 0 radical (unpaired) electrons. The van der Waals surface area contributed by atoms with Crippen molar-refractivity contribution >= 4 is 34.8 Å². The van der Waals surface area contributed by atoms with E-state index < -0.39 is 4.92 Å². The maximum absolute atomic E-state index is 10.8. The highest BCUT2D eigenvalue weighted by atomic mass is 32.1. The summed E-state index contributed by atoms with van der Waals surface area (Å²) in [5, 5.41) is 19.4. The summed E-state index contributed by atoms with van der Waals surface area (Å²) in [6.07, 6.45) is 7.44.